The number of carbonyl (C=O) groups is 2. The Balaban J connectivity index is 1.67. The van der Waals surface area contributed by atoms with E-state index in [0.717, 1.165) is 21.2 Å². The third-order valence-corrected chi connectivity index (χ3v) is 5.93. The fourth-order valence-corrected chi connectivity index (χ4v) is 3.85. The monoisotopic (exact) mass is 476 g/mol. The highest BCUT2D eigenvalue weighted by Crippen LogP contribution is 2.24. The molecule has 2 aromatic carbocycles. The molecule has 8 heteroatoms. The Morgan fingerprint density at radius 3 is 2.37 bits per heavy atom. The number of nitrogens with zero attached hydrogens (tertiary/aromatic N) is 1. The molecule has 0 saturated heterocycles. The van der Waals surface area contributed by atoms with Crippen LogP contribution in [0.1, 0.15) is 29.7 Å². The van der Waals surface area contributed by atoms with Gasteiger partial charge in [0.25, 0.3) is 11.8 Å². The number of benzene rings is 2. The van der Waals surface area contributed by atoms with Gasteiger partial charge in [0.2, 0.25) is 0 Å². The number of rotatable bonds is 6. The van der Waals surface area contributed by atoms with Gasteiger partial charge in [0, 0.05) is 11.0 Å². The van der Waals surface area contributed by atoms with E-state index < -0.39 is 36.1 Å². The fourth-order valence-electron chi connectivity index (χ4n) is 3.59. The quantitative estimate of drug-likeness (QED) is 0.502. The molecule has 0 spiro atoms. The number of carbonyl (C=O) groups excluding carboxylic acids is 2. The summed E-state index contributed by atoms with van der Waals surface area (Å²) in [7, 11) is 0. The van der Waals surface area contributed by atoms with Crippen molar-refractivity contribution in [2.75, 3.05) is 6.61 Å². The number of aliphatic hydroxyl groups is 3. The molecule has 0 aromatic heterocycles. The molecule has 1 aliphatic rings. The first kappa shape index (κ1) is 22.4. The Kier molecular flexibility index (Phi) is 7.25. The maximum Gasteiger partial charge on any atom is 0.255 e. The normalized spacial score (nSPS) is 18.8. The average Bonchev–Trinajstić information content (AvgIpc) is 2.76. The minimum atomic E-state index is -1.93. The number of fused-ring (bicyclic) bond motifs is 1. The molecule has 2 amide bonds. The largest absolute Gasteiger partial charge is 0.394 e. The van der Waals surface area contributed by atoms with Crippen molar-refractivity contribution in [3.8, 4) is 0 Å². The van der Waals surface area contributed by atoms with Gasteiger partial charge in [-0.2, -0.15) is 0 Å². The van der Waals surface area contributed by atoms with Crippen LogP contribution in [0.4, 0.5) is 0 Å². The summed E-state index contributed by atoms with van der Waals surface area (Å²) in [6, 6.07) is 13.9. The molecule has 4 N–H and O–H groups in total. The lowest BCUT2D eigenvalue weighted by Crippen LogP contribution is -2.55. The zero-order chi connectivity index (χ0) is 21.8. The molecule has 30 heavy (non-hydrogen) atoms. The Morgan fingerprint density at radius 1 is 1.10 bits per heavy atom. The van der Waals surface area contributed by atoms with Crippen LogP contribution in [-0.4, -0.2) is 56.9 Å². The summed E-state index contributed by atoms with van der Waals surface area (Å²) in [6.07, 6.45) is -3.41. The van der Waals surface area contributed by atoms with Crippen LogP contribution in [0, 0.1) is 0 Å². The van der Waals surface area contributed by atoms with E-state index in [0.29, 0.717) is 6.42 Å². The van der Waals surface area contributed by atoms with Crippen molar-refractivity contribution in [3.05, 3.63) is 69.7 Å². The lowest BCUT2D eigenvalue weighted by atomic mass is 9.93. The number of amides is 2. The van der Waals surface area contributed by atoms with Crippen LogP contribution in [-0.2, 0) is 22.6 Å². The van der Waals surface area contributed by atoms with Gasteiger partial charge in [0.1, 0.15) is 0 Å². The zero-order valence-electron chi connectivity index (χ0n) is 16.5. The highest BCUT2D eigenvalue weighted by molar-refractivity contribution is 9.10. The topological polar surface area (TPSA) is 110 Å². The molecule has 7 nitrogen and oxygen atoms in total. The molecular weight excluding hydrogens is 452 g/mol. The second-order valence-electron chi connectivity index (χ2n) is 7.45. The first-order valence-corrected chi connectivity index (χ1v) is 10.5. The van der Waals surface area contributed by atoms with Gasteiger partial charge in [-0.1, -0.05) is 52.3 Å². The Morgan fingerprint density at radius 2 is 1.73 bits per heavy atom. The summed E-state index contributed by atoms with van der Waals surface area (Å²) in [4.78, 5) is 26.6. The van der Waals surface area contributed by atoms with Crippen LogP contribution in [0.5, 0.6) is 0 Å². The molecule has 4 unspecified atom stereocenters. The smallest absolute Gasteiger partial charge is 0.255 e. The van der Waals surface area contributed by atoms with E-state index in [2.05, 4.69) is 21.2 Å². The molecule has 0 bridgehead atoms. The number of nitrogens with one attached hydrogen (secondary N) is 1. The van der Waals surface area contributed by atoms with Gasteiger partial charge in [-0.25, -0.2) is 0 Å². The van der Waals surface area contributed by atoms with E-state index in [-0.39, 0.29) is 13.2 Å². The van der Waals surface area contributed by atoms with Gasteiger partial charge in [0.05, 0.1) is 18.7 Å². The predicted octanol–water partition coefficient (Wildman–Crippen LogP) is 1.29. The van der Waals surface area contributed by atoms with Crippen molar-refractivity contribution in [1.29, 1.82) is 0 Å². The van der Waals surface area contributed by atoms with Crippen LogP contribution in [0.15, 0.2) is 53.0 Å². The van der Waals surface area contributed by atoms with Crippen molar-refractivity contribution >= 4 is 27.7 Å². The third-order valence-electron chi connectivity index (χ3n) is 5.40. The lowest BCUT2D eigenvalue weighted by Gasteiger charge is -2.37. The van der Waals surface area contributed by atoms with Crippen LogP contribution in [0.25, 0.3) is 0 Å². The molecule has 0 radical (unpaired) electrons. The van der Waals surface area contributed by atoms with E-state index in [1.165, 1.54) is 4.90 Å². The van der Waals surface area contributed by atoms with Crippen molar-refractivity contribution in [3.63, 3.8) is 0 Å². The van der Waals surface area contributed by atoms with E-state index in [1.807, 2.05) is 48.5 Å². The first-order valence-electron chi connectivity index (χ1n) is 9.72. The zero-order valence-corrected chi connectivity index (χ0v) is 18.1. The lowest BCUT2D eigenvalue weighted by molar-refractivity contribution is -0.156. The predicted molar refractivity (Wildman–Crippen MR) is 114 cm³/mol. The maximum absolute atomic E-state index is 12.8. The van der Waals surface area contributed by atoms with Crippen LogP contribution < -0.4 is 5.32 Å². The standard InChI is InChI=1S/C22H25BrN2O5/c1-13(14-6-8-17(23)9-7-14)24-21(29)19(27)20(28)22(30)25-11-16-5-3-2-4-15(16)10-18(25)12-26/h2-9,13,18-20,26-28H,10-12H2,1H3,(H,24,29). The Labute approximate surface area is 183 Å². The van der Waals surface area contributed by atoms with Gasteiger partial charge < -0.3 is 25.5 Å². The van der Waals surface area contributed by atoms with Crippen molar-refractivity contribution < 1.29 is 24.9 Å². The summed E-state index contributed by atoms with van der Waals surface area (Å²) >= 11 is 3.34. The highest BCUT2D eigenvalue weighted by atomic mass is 79.9. The summed E-state index contributed by atoms with van der Waals surface area (Å²) < 4.78 is 0.896. The summed E-state index contributed by atoms with van der Waals surface area (Å²) in [5.74, 6) is -1.63. The minimum absolute atomic E-state index is 0.195. The summed E-state index contributed by atoms with van der Waals surface area (Å²) in [5, 5.41) is 33.0. The molecule has 3 rings (SSSR count). The van der Waals surface area contributed by atoms with E-state index >= 15 is 0 Å². The molecule has 0 aliphatic carbocycles. The molecule has 2 aromatic rings. The van der Waals surface area contributed by atoms with E-state index in [9.17, 15) is 24.9 Å². The van der Waals surface area contributed by atoms with Gasteiger partial charge in [0.15, 0.2) is 12.2 Å². The van der Waals surface area contributed by atoms with Gasteiger partial charge >= 0.3 is 0 Å². The van der Waals surface area contributed by atoms with E-state index in [1.54, 1.807) is 6.92 Å². The van der Waals surface area contributed by atoms with Crippen LogP contribution in [0.2, 0.25) is 0 Å². The number of aliphatic hydroxyl groups excluding tert-OH is 3. The highest BCUT2D eigenvalue weighted by Gasteiger charge is 2.38. The summed E-state index contributed by atoms with van der Waals surface area (Å²) in [5.41, 5.74) is 2.75. The van der Waals surface area contributed by atoms with Crippen molar-refractivity contribution in [2.45, 2.75) is 44.2 Å². The number of hydrogen-bond acceptors (Lipinski definition) is 5. The first-order chi connectivity index (χ1) is 14.3. The van der Waals surface area contributed by atoms with Crippen LogP contribution >= 0.6 is 15.9 Å². The second kappa shape index (κ2) is 9.70. The summed E-state index contributed by atoms with van der Waals surface area (Å²) in [6.45, 7) is 1.65. The Hall–Kier alpha value is -2.26. The molecule has 1 heterocycles. The number of hydrogen-bond donors (Lipinski definition) is 4. The van der Waals surface area contributed by atoms with Crippen LogP contribution in [0.3, 0.4) is 0 Å². The van der Waals surface area contributed by atoms with Gasteiger partial charge in [-0.3, -0.25) is 9.59 Å². The van der Waals surface area contributed by atoms with Gasteiger partial charge in [-0.15, -0.1) is 0 Å². The average molecular weight is 477 g/mol. The second-order valence-corrected chi connectivity index (χ2v) is 8.36. The van der Waals surface area contributed by atoms with Crippen molar-refractivity contribution in [2.24, 2.45) is 0 Å². The maximum atomic E-state index is 12.8. The SMILES string of the molecule is CC(NC(=O)C(O)C(O)C(=O)N1Cc2ccccc2CC1CO)c1ccc(Br)cc1. The molecule has 0 fully saturated rings. The molecule has 0 saturated carbocycles. The van der Waals surface area contributed by atoms with E-state index in [4.69, 9.17) is 0 Å². The number of halogens is 1. The molecule has 1 aliphatic heterocycles. The molecular formula is C22H25BrN2O5. The van der Waals surface area contributed by atoms with Crippen molar-refractivity contribution in [1.82, 2.24) is 10.2 Å². The van der Waals surface area contributed by atoms with Gasteiger partial charge in [-0.05, 0) is 42.2 Å². The minimum Gasteiger partial charge on any atom is -0.394 e. The fraction of sp³-hybridized carbons (Fsp3) is 0.364. The third kappa shape index (κ3) is 4.89. The molecule has 160 valence electrons. The Bertz CT molecular complexity index is 905. The molecule has 4 atom stereocenters.